The van der Waals surface area contributed by atoms with E-state index in [1.165, 1.54) is 0 Å². The molecule has 5 rings (SSSR count). The first-order valence-electron chi connectivity index (χ1n) is 11.3. The van der Waals surface area contributed by atoms with Crippen molar-refractivity contribution in [2.75, 3.05) is 13.6 Å². The molecule has 2 N–H and O–H groups in total. The number of ether oxygens (including phenoxy) is 1. The van der Waals surface area contributed by atoms with Crippen molar-refractivity contribution in [2.45, 2.75) is 32.4 Å². The van der Waals surface area contributed by atoms with Crippen molar-refractivity contribution >= 4 is 28.1 Å². The number of benzene rings is 2. The molecule has 2 atom stereocenters. The molecule has 0 bridgehead atoms. The fraction of sp³-hybridized carbons (Fsp3) is 0.269. The van der Waals surface area contributed by atoms with Crippen LogP contribution in [0.3, 0.4) is 0 Å². The van der Waals surface area contributed by atoms with Crippen LogP contribution in [0.4, 0.5) is 0 Å². The predicted molar refractivity (Wildman–Crippen MR) is 128 cm³/mol. The summed E-state index contributed by atoms with van der Waals surface area (Å²) in [6.07, 6.45) is 3.42. The SMILES string of the molecule is CNC(=O)c1cccc2cc(Oc3ccnn4cc(C(=O)N5CC[C@@H](O)[C@H]5C)c(C)c34)ccc12. The molecule has 0 saturated carbocycles. The summed E-state index contributed by atoms with van der Waals surface area (Å²) in [5, 5.41) is 18.8. The Hall–Kier alpha value is -3.91. The van der Waals surface area contributed by atoms with Gasteiger partial charge in [0.25, 0.3) is 11.8 Å². The van der Waals surface area contributed by atoms with Crippen LogP contribution in [0.25, 0.3) is 16.3 Å². The number of aryl methyl sites for hydroxylation is 1. The smallest absolute Gasteiger partial charge is 0.256 e. The molecule has 174 valence electrons. The van der Waals surface area contributed by atoms with E-state index < -0.39 is 6.10 Å². The molecule has 2 aromatic heterocycles. The molecule has 1 aliphatic heterocycles. The van der Waals surface area contributed by atoms with E-state index in [1.807, 2.05) is 44.2 Å². The van der Waals surface area contributed by atoms with Crippen molar-refractivity contribution in [1.29, 1.82) is 0 Å². The van der Waals surface area contributed by atoms with E-state index in [9.17, 15) is 14.7 Å². The first-order valence-corrected chi connectivity index (χ1v) is 11.3. The fourth-order valence-corrected chi connectivity index (χ4v) is 4.67. The van der Waals surface area contributed by atoms with Crippen molar-refractivity contribution in [1.82, 2.24) is 19.8 Å². The third kappa shape index (κ3) is 3.56. The molecular formula is C26H26N4O4. The van der Waals surface area contributed by atoms with E-state index in [4.69, 9.17) is 4.74 Å². The van der Waals surface area contributed by atoms with Crippen molar-refractivity contribution in [3.05, 3.63) is 71.5 Å². The van der Waals surface area contributed by atoms with Gasteiger partial charge in [0.1, 0.15) is 11.3 Å². The number of aromatic nitrogens is 2. The first-order chi connectivity index (χ1) is 16.4. The highest BCUT2D eigenvalue weighted by Crippen LogP contribution is 2.33. The van der Waals surface area contributed by atoms with Gasteiger partial charge in [-0.05, 0) is 60.9 Å². The van der Waals surface area contributed by atoms with Crippen molar-refractivity contribution in [3.63, 3.8) is 0 Å². The number of aliphatic hydroxyl groups excluding tert-OH is 1. The van der Waals surface area contributed by atoms with E-state index >= 15 is 0 Å². The molecule has 34 heavy (non-hydrogen) atoms. The zero-order chi connectivity index (χ0) is 24.0. The summed E-state index contributed by atoms with van der Waals surface area (Å²) in [6, 6.07) is 12.7. The summed E-state index contributed by atoms with van der Waals surface area (Å²) in [5.41, 5.74) is 2.62. The Labute approximate surface area is 196 Å². The number of amides is 2. The quantitative estimate of drug-likeness (QED) is 0.488. The van der Waals surface area contributed by atoms with Gasteiger partial charge in [-0.2, -0.15) is 5.10 Å². The Bertz CT molecular complexity index is 1430. The third-order valence-electron chi connectivity index (χ3n) is 6.65. The maximum Gasteiger partial charge on any atom is 0.256 e. The number of aliphatic hydroxyl groups is 1. The number of rotatable bonds is 4. The minimum Gasteiger partial charge on any atom is -0.455 e. The molecule has 3 heterocycles. The lowest BCUT2D eigenvalue weighted by atomic mass is 10.0. The summed E-state index contributed by atoms with van der Waals surface area (Å²) in [5.74, 6) is 0.920. The zero-order valence-electron chi connectivity index (χ0n) is 19.3. The Morgan fingerprint density at radius 1 is 1.18 bits per heavy atom. The van der Waals surface area contributed by atoms with Crippen molar-refractivity contribution < 1.29 is 19.4 Å². The molecule has 8 heteroatoms. The summed E-state index contributed by atoms with van der Waals surface area (Å²) in [4.78, 5) is 27.1. The van der Waals surface area contributed by atoms with Crippen LogP contribution >= 0.6 is 0 Å². The first kappa shape index (κ1) is 21.9. The van der Waals surface area contributed by atoms with Crippen molar-refractivity contribution in [2.24, 2.45) is 0 Å². The average Bonchev–Trinajstić information content (AvgIpc) is 3.37. The minimum absolute atomic E-state index is 0.120. The highest BCUT2D eigenvalue weighted by Gasteiger charge is 2.34. The highest BCUT2D eigenvalue weighted by molar-refractivity contribution is 6.07. The molecule has 2 aromatic carbocycles. The highest BCUT2D eigenvalue weighted by atomic mass is 16.5. The van der Waals surface area contributed by atoms with Crippen LogP contribution in [0.15, 0.2) is 54.9 Å². The number of carbonyl (C=O) groups excluding carboxylic acids is 2. The van der Waals surface area contributed by atoms with Crippen LogP contribution < -0.4 is 10.1 Å². The van der Waals surface area contributed by atoms with E-state index in [2.05, 4.69) is 10.4 Å². The van der Waals surface area contributed by atoms with Gasteiger partial charge in [-0.15, -0.1) is 0 Å². The standard InChI is InChI=1S/C26H26N4O4/c1-15-21(26(33)29-12-10-22(31)16(29)2)14-30-24(15)23(9-11-28-30)34-18-7-8-19-17(13-18)5-4-6-20(19)25(32)27-3/h4-9,11,13-14,16,22,31H,10,12H2,1-3H3,(H,27,32)/t16-,22-/m1/s1. The Morgan fingerprint density at radius 2 is 2.00 bits per heavy atom. The molecule has 0 spiro atoms. The maximum atomic E-state index is 13.2. The summed E-state index contributed by atoms with van der Waals surface area (Å²) < 4.78 is 7.89. The average molecular weight is 459 g/mol. The van der Waals surface area contributed by atoms with Crippen LogP contribution in [-0.2, 0) is 0 Å². The molecule has 4 aromatic rings. The molecule has 1 fully saturated rings. The molecule has 0 aliphatic carbocycles. The Kier molecular flexibility index (Phi) is 5.45. The lowest BCUT2D eigenvalue weighted by Gasteiger charge is -2.22. The number of carbonyl (C=O) groups is 2. The lowest BCUT2D eigenvalue weighted by Crippen LogP contribution is -2.37. The van der Waals surface area contributed by atoms with E-state index in [-0.39, 0.29) is 17.9 Å². The van der Waals surface area contributed by atoms with Gasteiger partial charge in [-0.1, -0.05) is 12.1 Å². The van der Waals surface area contributed by atoms with Gasteiger partial charge in [-0.25, -0.2) is 4.52 Å². The number of likely N-dealkylation sites (tertiary alicyclic amines) is 1. The summed E-state index contributed by atoms with van der Waals surface area (Å²) in [7, 11) is 1.61. The number of nitrogens with one attached hydrogen (secondary N) is 1. The molecule has 8 nitrogen and oxygen atoms in total. The minimum atomic E-state index is -0.505. The third-order valence-corrected chi connectivity index (χ3v) is 6.65. The molecule has 1 aliphatic rings. The van der Waals surface area contributed by atoms with Gasteiger partial charge >= 0.3 is 0 Å². The van der Waals surface area contributed by atoms with Gasteiger partial charge in [0.05, 0.1) is 23.9 Å². The topological polar surface area (TPSA) is 96.2 Å². The van der Waals surface area contributed by atoms with E-state index in [0.29, 0.717) is 41.1 Å². The molecular weight excluding hydrogens is 432 g/mol. The van der Waals surface area contributed by atoms with Crippen molar-refractivity contribution in [3.8, 4) is 11.5 Å². The fourth-order valence-electron chi connectivity index (χ4n) is 4.67. The number of hydrogen-bond donors (Lipinski definition) is 2. The van der Waals surface area contributed by atoms with Gasteiger partial charge < -0.3 is 20.1 Å². The second kappa shape index (κ2) is 8.46. The van der Waals surface area contributed by atoms with E-state index in [1.54, 1.807) is 41.0 Å². The number of hydrogen-bond acceptors (Lipinski definition) is 5. The second-order valence-corrected chi connectivity index (χ2v) is 8.62. The normalized spacial score (nSPS) is 17.9. The monoisotopic (exact) mass is 458 g/mol. The van der Waals surface area contributed by atoms with Crippen LogP contribution in [0.2, 0.25) is 0 Å². The number of nitrogens with zero attached hydrogens (tertiary/aromatic N) is 3. The van der Waals surface area contributed by atoms with Crippen LogP contribution in [-0.4, -0.2) is 57.2 Å². The maximum absolute atomic E-state index is 13.2. The zero-order valence-corrected chi connectivity index (χ0v) is 19.3. The largest absolute Gasteiger partial charge is 0.455 e. The molecule has 2 amide bonds. The van der Waals surface area contributed by atoms with Gasteiger partial charge in [0.2, 0.25) is 0 Å². The number of fused-ring (bicyclic) bond motifs is 2. The van der Waals surface area contributed by atoms with E-state index in [0.717, 1.165) is 16.3 Å². The van der Waals surface area contributed by atoms with Crippen LogP contribution in [0, 0.1) is 6.92 Å². The van der Waals surface area contributed by atoms with Gasteiger partial charge in [-0.3, -0.25) is 9.59 Å². The van der Waals surface area contributed by atoms with Crippen LogP contribution in [0.1, 0.15) is 39.6 Å². The predicted octanol–water partition coefficient (Wildman–Crippen LogP) is 3.54. The Morgan fingerprint density at radius 3 is 2.74 bits per heavy atom. The lowest BCUT2D eigenvalue weighted by molar-refractivity contribution is 0.0666. The molecule has 0 unspecified atom stereocenters. The summed E-state index contributed by atoms with van der Waals surface area (Å²) in [6.45, 7) is 4.27. The summed E-state index contributed by atoms with van der Waals surface area (Å²) >= 11 is 0. The molecule has 1 saturated heterocycles. The van der Waals surface area contributed by atoms with Gasteiger partial charge in [0, 0.05) is 31.4 Å². The van der Waals surface area contributed by atoms with Gasteiger partial charge in [0.15, 0.2) is 5.75 Å². The second-order valence-electron chi connectivity index (χ2n) is 8.62. The Balaban J connectivity index is 1.51. The van der Waals surface area contributed by atoms with Crippen LogP contribution in [0.5, 0.6) is 11.5 Å². The molecule has 0 radical (unpaired) electrons.